The average Bonchev–Trinajstić information content (AvgIpc) is 3.26. The van der Waals surface area contributed by atoms with Crippen LogP contribution in [0.1, 0.15) is 43.1 Å². The van der Waals surface area contributed by atoms with Crippen LogP contribution < -0.4 is 4.90 Å². The number of rotatable bonds is 2. The van der Waals surface area contributed by atoms with Crippen molar-refractivity contribution in [1.29, 1.82) is 5.26 Å². The highest BCUT2D eigenvalue weighted by molar-refractivity contribution is 5.88. The van der Waals surface area contributed by atoms with Gasteiger partial charge < -0.3 is 14.5 Å². The van der Waals surface area contributed by atoms with E-state index in [0.29, 0.717) is 44.3 Å². The van der Waals surface area contributed by atoms with Gasteiger partial charge in [-0.2, -0.15) is 5.26 Å². The Morgan fingerprint density at radius 2 is 1.77 bits per heavy atom. The van der Waals surface area contributed by atoms with Gasteiger partial charge in [0.25, 0.3) is 5.91 Å². The normalized spacial score (nSPS) is 24.9. The number of piperidine rings is 1. The van der Waals surface area contributed by atoms with Crippen LogP contribution in [0.25, 0.3) is 0 Å². The summed E-state index contributed by atoms with van der Waals surface area (Å²) < 4.78 is 33.7. The number of aromatic nitrogens is 2. The minimum absolute atomic E-state index is 0.101. The molecule has 3 saturated heterocycles. The largest absolute Gasteiger partial charge is 0.369 e. The Balaban J connectivity index is 1.33. The van der Waals surface area contributed by atoms with Gasteiger partial charge in [-0.05, 0) is 30.5 Å². The molecular formula is C21H19F2N5O2. The number of fused-ring (bicyclic) bond motifs is 1. The quantitative estimate of drug-likeness (QED) is 0.756. The molecule has 0 N–H and O–H groups in total. The Morgan fingerprint density at radius 3 is 2.40 bits per heavy atom. The molecule has 3 aliphatic heterocycles. The van der Waals surface area contributed by atoms with Crippen molar-refractivity contribution < 1.29 is 18.3 Å². The number of hydrogen-bond acceptors (Lipinski definition) is 6. The predicted molar refractivity (Wildman–Crippen MR) is 101 cm³/mol. The lowest BCUT2D eigenvalue weighted by Gasteiger charge is -2.38. The third kappa shape index (κ3) is 2.99. The molecule has 154 valence electrons. The maximum Gasteiger partial charge on any atom is 0.257 e. The fourth-order valence-corrected chi connectivity index (χ4v) is 4.81. The second-order valence-corrected chi connectivity index (χ2v) is 7.94. The number of halogens is 2. The molecule has 1 aromatic heterocycles. The van der Waals surface area contributed by atoms with Gasteiger partial charge in [-0.1, -0.05) is 0 Å². The number of hydrogen-bond donors (Lipinski definition) is 0. The second-order valence-electron chi connectivity index (χ2n) is 7.94. The van der Waals surface area contributed by atoms with Crippen LogP contribution in [0.5, 0.6) is 0 Å². The van der Waals surface area contributed by atoms with Crippen LogP contribution in [-0.2, 0) is 9.53 Å². The van der Waals surface area contributed by atoms with Crippen molar-refractivity contribution in [3.05, 3.63) is 53.6 Å². The van der Waals surface area contributed by atoms with Crippen molar-refractivity contribution >= 4 is 11.6 Å². The van der Waals surface area contributed by atoms with E-state index in [-0.39, 0.29) is 24.0 Å². The molecule has 7 nitrogen and oxygen atoms in total. The van der Waals surface area contributed by atoms with E-state index in [0.717, 1.165) is 11.8 Å². The number of benzene rings is 1. The van der Waals surface area contributed by atoms with Crippen LogP contribution in [0, 0.1) is 23.0 Å². The third-order valence-corrected chi connectivity index (χ3v) is 6.26. The fourth-order valence-electron chi connectivity index (χ4n) is 4.81. The maximum absolute atomic E-state index is 13.7. The number of carbonyl (C=O) groups excluding carboxylic acids is 1. The molecule has 0 bridgehead atoms. The van der Waals surface area contributed by atoms with Gasteiger partial charge in [-0.3, -0.25) is 4.79 Å². The average molecular weight is 411 g/mol. The molecule has 2 aromatic rings. The molecular weight excluding hydrogens is 392 g/mol. The van der Waals surface area contributed by atoms with Crippen molar-refractivity contribution in [2.75, 3.05) is 18.0 Å². The van der Waals surface area contributed by atoms with Crippen molar-refractivity contribution in [3.8, 4) is 6.07 Å². The van der Waals surface area contributed by atoms with Crippen LogP contribution in [0.15, 0.2) is 30.6 Å². The lowest BCUT2D eigenvalue weighted by atomic mass is 9.89. The van der Waals surface area contributed by atoms with Crippen LogP contribution in [-0.4, -0.2) is 45.7 Å². The van der Waals surface area contributed by atoms with E-state index in [1.807, 2.05) is 6.07 Å². The number of carbonyl (C=O) groups is 1. The Kier molecular flexibility index (Phi) is 4.40. The van der Waals surface area contributed by atoms with Crippen molar-refractivity contribution in [1.82, 2.24) is 14.9 Å². The first-order chi connectivity index (χ1) is 14.5. The van der Waals surface area contributed by atoms with Gasteiger partial charge in [0.1, 0.15) is 23.9 Å². The van der Waals surface area contributed by atoms with Crippen molar-refractivity contribution in [2.24, 2.45) is 0 Å². The highest BCUT2D eigenvalue weighted by Gasteiger charge is 2.58. The first-order valence-corrected chi connectivity index (χ1v) is 9.93. The van der Waals surface area contributed by atoms with Crippen LogP contribution >= 0.6 is 0 Å². The lowest BCUT2D eigenvalue weighted by Crippen LogP contribution is -2.50. The Morgan fingerprint density at radius 1 is 1.10 bits per heavy atom. The van der Waals surface area contributed by atoms with E-state index in [1.165, 1.54) is 12.1 Å². The lowest BCUT2D eigenvalue weighted by molar-refractivity contribution is -0.140. The third-order valence-electron chi connectivity index (χ3n) is 6.26. The molecule has 3 fully saturated rings. The second kappa shape index (κ2) is 6.99. The monoisotopic (exact) mass is 411 g/mol. The zero-order chi connectivity index (χ0) is 20.9. The molecule has 1 spiro atoms. The topological polar surface area (TPSA) is 82.4 Å². The number of nitrogens with zero attached hydrogens (tertiary/aromatic N) is 5. The molecule has 9 heteroatoms. The summed E-state index contributed by atoms with van der Waals surface area (Å²) in [5.41, 5.74) is 0.359. The van der Waals surface area contributed by atoms with Crippen LogP contribution in [0.4, 0.5) is 14.5 Å². The molecule has 0 radical (unpaired) electrons. The number of anilines is 1. The molecule has 0 unspecified atom stereocenters. The van der Waals surface area contributed by atoms with Gasteiger partial charge in [0, 0.05) is 32.0 Å². The standard InChI is InChI=1S/C21H19F2N5O2/c22-14-7-13(8-15(23)9-14)17-1-2-19-28(17)20(29)21(30-19)3-5-27(6-4-21)16-11-25-18(10-24)26-12-16/h7-9,11-12,17,19H,1-6H2/t17-,19+/m0/s1. The summed E-state index contributed by atoms with van der Waals surface area (Å²) in [5.74, 6) is -1.28. The SMILES string of the molecule is N#Cc1ncc(N2CCC3(CC2)O[C@@H]2CC[C@@H](c4cc(F)cc(F)c4)N2C3=O)cn1. The van der Waals surface area contributed by atoms with Crippen molar-refractivity contribution in [3.63, 3.8) is 0 Å². The Hall–Kier alpha value is -3.12. The predicted octanol–water partition coefficient (Wildman–Crippen LogP) is 2.69. The fraction of sp³-hybridized carbons (Fsp3) is 0.429. The Bertz CT molecular complexity index is 1010. The molecule has 1 amide bonds. The number of nitriles is 1. The highest BCUT2D eigenvalue weighted by atomic mass is 19.1. The van der Waals surface area contributed by atoms with E-state index in [4.69, 9.17) is 10.00 Å². The van der Waals surface area contributed by atoms with E-state index in [2.05, 4.69) is 14.9 Å². The number of ether oxygens (including phenoxy) is 1. The van der Waals surface area contributed by atoms with Gasteiger partial charge >= 0.3 is 0 Å². The smallest absolute Gasteiger partial charge is 0.257 e. The first-order valence-electron chi connectivity index (χ1n) is 9.93. The molecule has 4 heterocycles. The summed E-state index contributed by atoms with van der Waals surface area (Å²) in [4.78, 5) is 25.1. The first kappa shape index (κ1) is 18.9. The van der Waals surface area contributed by atoms with E-state index in [1.54, 1.807) is 17.3 Å². The minimum Gasteiger partial charge on any atom is -0.369 e. The van der Waals surface area contributed by atoms with Crippen molar-refractivity contribution in [2.45, 2.75) is 43.6 Å². The van der Waals surface area contributed by atoms with E-state index < -0.39 is 17.2 Å². The van der Waals surface area contributed by atoms with Gasteiger partial charge in [0.15, 0.2) is 5.60 Å². The Labute approximate surface area is 171 Å². The molecule has 30 heavy (non-hydrogen) atoms. The molecule has 5 rings (SSSR count). The van der Waals surface area contributed by atoms with Gasteiger partial charge in [0.2, 0.25) is 5.82 Å². The van der Waals surface area contributed by atoms with E-state index in [9.17, 15) is 13.6 Å². The highest BCUT2D eigenvalue weighted by Crippen LogP contribution is 2.48. The summed E-state index contributed by atoms with van der Waals surface area (Å²) in [6.07, 6.45) is 5.11. The summed E-state index contributed by atoms with van der Waals surface area (Å²) in [6.45, 7) is 1.17. The molecule has 0 aliphatic carbocycles. The number of amides is 1. The molecule has 2 atom stereocenters. The molecule has 3 aliphatic rings. The maximum atomic E-state index is 13.7. The summed E-state index contributed by atoms with van der Waals surface area (Å²) >= 11 is 0. The van der Waals surface area contributed by atoms with Crippen LogP contribution in [0.3, 0.4) is 0 Å². The summed E-state index contributed by atoms with van der Waals surface area (Å²) in [5, 5.41) is 8.83. The van der Waals surface area contributed by atoms with E-state index >= 15 is 0 Å². The van der Waals surface area contributed by atoms with Gasteiger partial charge in [-0.25, -0.2) is 18.7 Å². The zero-order valence-corrected chi connectivity index (χ0v) is 16.1. The van der Waals surface area contributed by atoms with Gasteiger partial charge in [0.05, 0.1) is 24.1 Å². The molecule has 1 aromatic carbocycles. The van der Waals surface area contributed by atoms with Crippen LogP contribution in [0.2, 0.25) is 0 Å². The summed E-state index contributed by atoms with van der Waals surface area (Å²) in [7, 11) is 0. The van der Waals surface area contributed by atoms with Gasteiger partial charge in [-0.15, -0.1) is 0 Å². The summed E-state index contributed by atoms with van der Waals surface area (Å²) in [6, 6.07) is 4.94. The minimum atomic E-state index is -0.904. The molecule has 0 saturated carbocycles. The zero-order valence-electron chi connectivity index (χ0n) is 16.1.